The first-order chi connectivity index (χ1) is 12.1. The number of quaternary nitrogens is 1. The van der Waals surface area contributed by atoms with Crippen molar-refractivity contribution in [3.8, 4) is 0 Å². The highest BCUT2D eigenvalue weighted by atomic mass is 32.1. The van der Waals surface area contributed by atoms with E-state index in [0.29, 0.717) is 24.3 Å². The van der Waals surface area contributed by atoms with Gasteiger partial charge in [-0.3, -0.25) is 4.79 Å². The molecule has 132 valence electrons. The average molecular weight is 377 g/mol. The van der Waals surface area contributed by atoms with Gasteiger partial charge in [0.15, 0.2) is 0 Å². The largest absolute Gasteiger partial charge is 0.461 e. The van der Waals surface area contributed by atoms with Gasteiger partial charge in [-0.05, 0) is 22.9 Å². The van der Waals surface area contributed by atoms with Gasteiger partial charge in [0, 0.05) is 22.6 Å². The predicted molar refractivity (Wildman–Crippen MR) is 97.9 cm³/mol. The van der Waals surface area contributed by atoms with Crippen LogP contribution in [-0.2, 0) is 14.3 Å². The lowest BCUT2D eigenvalue weighted by Crippen LogP contribution is -2.60. The van der Waals surface area contributed by atoms with Crippen LogP contribution in [0, 0.1) is 0 Å². The molecule has 3 aliphatic rings. The lowest BCUT2D eigenvalue weighted by molar-refractivity contribution is -0.938. The Morgan fingerprint density at radius 2 is 1.68 bits per heavy atom. The van der Waals surface area contributed by atoms with E-state index < -0.39 is 0 Å². The Balaban J connectivity index is 1.35. The van der Waals surface area contributed by atoms with Gasteiger partial charge in [0.25, 0.3) is 0 Å². The highest BCUT2D eigenvalue weighted by molar-refractivity contribution is 7.11. The van der Waals surface area contributed by atoms with E-state index in [1.54, 1.807) is 22.7 Å². The molecule has 0 radical (unpaired) electrons. The van der Waals surface area contributed by atoms with Crippen molar-refractivity contribution in [2.24, 2.45) is 0 Å². The van der Waals surface area contributed by atoms with Gasteiger partial charge in [-0.15, -0.1) is 22.7 Å². The minimum absolute atomic E-state index is 0.0208. The zero-order chi connectivity index (χ0) is 17.2. The van der Waals surface area contributed by atoms with Crippen LogP contribution in [0.3, 0.4) is 0 Å². The van der Waals surface area contributed by atoms with E-state index in [-0.39, 0.29) is 18.0 Å². The molecule has 0 amide bonds. The lowest BCUT2D eigenvalue weighted by atomic mass is 9.96. The van der Waals surface area contributed by atoms with Crippen molar-refractivity contribution in [3.05, 3.63) is 44.8 Å². The third-order valence-electron chi connectivity index (χ3n) is 6.21. The van der Waals surface area contributed by atoms with Crippen LogP contribution in [0.2, 0.25) is 0 Å². The summed E-state index contributed by atoms with van der Waals surface area (Å²) in [4.78, 5) is 15.2. The van der Waals surface area contributed by atoms with Gasteiger partial charge < -0.3 is 14.0 Å². The van der Waals surface area contributed by atoms with E-state index in [2.05, 4.69) is 14.1 Å². The van der Waals surface area contributed by atoms with Crippen LogP contribution in [-0.4, -0.2) is 54.9 Å². The molecule has 3 fully saturated rings. The van der Waals surface area contributed by atoms with Gasteiger partial charge in [0.2, 0.25) is 0 Å². The van der Waals surface area contributed by atoms with Gasteiger partial charge in [-0.25, -0.2) is 0 Å². The topological polar surface area (TPSA) is 38.8 Å². The van der Waals surface area contributed by atoms with E-state index in [1.165, 1.54) is 0 Å². The molecule has 0 N–H and O–H groups in total. The maximum Gasteiger partial charge on any atom is 0.319 e. The van der Waals surface area contributed by atoms with Crippen LogP contribution in [0.5, 0.6) is 0 Å². The molecule has 25 heavy (non-hydrogen) atoms. The van der Waals surface area contributed by atoms with Gasteiger partial charge in [-0.1, -0.05) is 12.1 Å². The van der Waals surface area contributed by atoms with E-state index in [0.717, 1.165) is 27.1 Å². The summed E-state index contributed by atoms with van der Waals surface area (Å²) in [6.07, 6.45) is 2.62. The summed E-state index contributed by atoms with van der Waals surface area (Å²) in [7, 11) is 4.59. The van der Waals surface area contributed by atoms with Crippen molar-refractivity contribution >= 4 is 28.6 Å². The van der Waals surface area contributed by atoms with Crippen LogP contribution >= 0.6 is 22.7 Å². The summed E-state index contributed by atoms with van der Waals surface area (Å²) in [6.45, 7) is 0. The first kappa shape index (κ1) is 16.0. The monoisotopic (exact) mass is 376 g/mol. The lowest BCUT2D eigenvalue weighted by Gasteiger charge is -2.45. The number of piperidine rings is 1. The number of rotatable bonds is 4. The molecule has 2 aromatic rings. The first-order valence-corrected chi connectivity index (χ1v) is 10.6. The molecule has 1 unspecified atom stereocenters. The summed E-state index contributed by atoms with van der Waals surface area (Å²) in [6, 6.07) is 8.99. The average Bonchev–Trinajstić information content (AvgIpc) is 2.91. The van der Waals surface area contributed by atoms with Crippen molar-refractivity contribution < 1.29 is 18.8 Å². The minimum atomic E-state index is -0.284. The zero-order valence-electron chi connectivity index (χ0n) is 14.3. The molecule has 5 rings (SSSR count). The Hall–Kier alpha value is -1.21. The fraction of sp³-hybridized carbons (Fsp3) is 0.526. The minimum Gasteiger partial charge on any atom is -0.461 e. The normalized spacial score (nSPS) is 34.8. The first-order valence-electron chi connectivity index (χ1n) is 8.82. The molecule has 3 aliphatic heterocycles. The molecule has 2 aromatic heterocycles. The van der Waals surface area contributed by atoms with Gasteiger partial charge >= 0.3 is 5.97 Å². The molecule has 0 aromatic carbocycles. The maximum atomic E-state index is 13.1. The Kier molecular flexibility index (Phi) is 3.61. The van der Waals surface area contributed by atoms with Crippen molar-refractivity contribution in [1.29, 1.82) is 0 Å². The Morgan fingerprint density at radius 1 is 1.12 bits per heavy atom. The summed E-state index contributed by atoms with van der Waals surface area (Å²) in [5.74, 6) is -0.385. The Labute approximate surface area is 155 Å². The summed E-state index contributed by atoms with van der Waals surface area (Å²) in [5.41, 5.74) is 0. The number of hydrogen-bond acceptors (Lipinski definition) is 5. The number of likely N-dealkylation sites (N-methyl/N-ethyl adjacent to an activating group) is 1. The zero-order valence-corrected chi connectivity index (χ0v) is 16.0. The maximum absolute atomic E-state index is 13.1. The third-order valence-corrected chi connectivity index (χ3v) is 8.09. The van der Waals surface area contributed by atoms with E-state index >= 15 is 0 Å². The SMILES string of the molecule is C[N+]1(C)[C@@H]2CC(OC(=O)C(c3cccs3)c3cccs3)C[C@H]1[C@@H]1O[C@H]12. The molecule has 3 saturated heterocycles. The highest BCUT2D eigenvalue weighted by Gasteiger charge is 2.70. The van der Waals surface area contributed by atoms with E-state index in [9.17, 15) is 4.79 Å². The van der Waals surface area contributed by atoms with Gasteiger partial charge in [-0.2, -0.15) is 0 Å². The summed E-state index contributed by atoms with van der Waals surface area (Å²) in [5, 5.41) is 4.05. The van der Waals surface area contributed by atoms with Crippen molar-refractivity contribution in [2.45, 2.75) is 49.2 Å². The van der Waals surface area contributed by atoms with Crippen LogP contribution in [0.15, 0.2) is 35.0 Å². The Morgan fingerprint density at radius 3 is 2.16 bits per heavy atom. The third kappa shape index (κ3) is 2.50. The predicted octanol–water partition coefficient (Wildman–Crippen LogP) is 3.24. The van der Waals surface area contributed by atoms with E-state index in [4.69, 9.17) is 9.47 Å². The number of carbonyl (C=O) groups is 1. The number of morpholine rings is 1. The number of carbonyl (C=O) groups excluding carboxylic acids is 1. The molecule has 0 saturated carbocycles. The molecule has 5 heterocycles. The number of ether oxygens (including phenoxy) is 2. The number of fused-ring (bicyclic) bond motifs is 5. The highest BCUT2D eigenvalue weighted by Crippen LogP contribution is 2.51. The number of epoxide rings is 1. The molecule has 2 bridgehead atoms. The molecule has 0 spiro atoms. The van der Waals surface area contributed by atoms with Crippen molar-refractivity contribution in [3.63, 3.8) is 0 Å². The Bertz CT molecular complexity index is 716. The van der Waals surface area contributed by atoms with Crippen LogP contribution in [0.4, 0.5) is 0 Å². The number of thiophene rings is 2. The second-order valence-corrected chi connectivity index (χ2v) is 9.78. The summed E-state index contributed by atoms with van der Waals surface area (Å²) >= 11 is 3.25. The van der Waals surface area contributed by atoms with Crippen LogP contribution in [0.1, 0.15) is 28.5 Å². The summed E-state index contributed by atoms with van der Waals surface area (Å²) < 4.78 is 12.9. The molecule has 5 atom stereocenters. The van der Waals surface area contributed by atoms with Crippen LogP contribution in [0.25, 0.3) is 0 Å². The smallest absolute Gasteiger partial charge is 0.319 e. The second-order valence-electron chi connectivity index (χ2n) is 7.82. The fourth-order valence-corrected chi connectivity index (χ4v) is 6.55. The molecule has 0 aliphatic carbocycles. The van der Waals surface area contributed by atoms with Gasteiger partial charge in [0.05, 0.1) is 14.1 Å². The number of nitrogens with zero attached hydrogens (tertiary/aromatic N) is 1. The second kappa shape index (κ2) is 5.64. The number of esters is 1. The van der Waals surface area contributed by atoms with Gasteiger partial charge in [0.1, 0.15) is 36.3 Å². The quantitative estimate of drug-likeness (QED) is 0.467. The molecule has 4 nitrogen and oxygen atoms in total. The van der Waals surface area contributed by atoms with Crippen molar-refractivity contribution in [1.82, 2.24) is 0 Å². The standard InChI is InChI=1S/C19H22NO3S2/c1-20(2)12-9-11(10-13(20)18-17(12)23-18)22-19(21)16(14-5-3-7-24-14)15-6-4-8-25-15/h3-8,11-13,16-18H,9-10H2,1-2H3/q+1/t11?,12-,13+,17-,18-/m0/s1. The number of hydrogen-bond donors (Lipinski definition) is 0. The van der Waals surface area contributed by atoms with E-state index in [1.807, 2.05) is 35.0 Å². The molecule has 6 heteroatoms. The fourth-order valence-electron chi connectivity index (χ4n) is 4.82. The van der Waals surface area contributed by atoms with Crippen LogP contribution < -0.4 is 0 Å². The molecular formula is C19H22NO3S2+. The van der Waals surface area contributed by atoms with Crippen molar-refractivity contribution in [2.75, 3.05) is 14.1 Å². The molecular weight excluding hydrogens is 354 g/mol.